The number of aromatic nitrogens is 6. The maximum atomic E-state index is 6.18. The average molecular weight is 617 g/mol. The average Bonchev–Trinajstić information content (AvgIpc) is 3.92. The zero-order valence-electron chi connectivity index (χ0n) is 24.6. The van der Waals surface area contributed by atoms with Crippen molar-refractivity contribution in [1.29, 1.82) is 0 Å². The zero-order chi connectivity index (χ0) is 31.7. The molecule has 0 unspecified atom stereocenters. The number of benzene rings is 5. The van der Waals surface area contributed by atoms with Gasteiger partial charge in [0, 0.05) is 50.3 Å². The molecule has 0 spiro atoms. The Hall–Kier alpha value is -6.88. The van der Waals surface area contributed by atoms with Crippen LogP contribution in [0.1, 0.15) is 0 Å². The molecule has 0 radical (unpaired) electrons. The lowest BCUT2D eigenvalue weighted by Crippen LogP contribution is -1.92. The molecule has 0 aliphatic carbocycles. The fourth-order valence-electron chi connectivity index (χ4n) is 5.15. The summed E-state index contributed by atoms with van der Waals surface area (Å²) in [7, 11) is 0. The van der Waals surface area contributed by atoms with Crippen LogP contribution in [0.5, 0.6) is 0 Å². The van der Waals surface area contributed by atoms with Crippen LogP contribution < -0.4 is 11.5 Å². The number of nitrogens with two attached hydrogens (primary N) is 2. The van der Waals surface area contributed by atoms with E-state index in [1.54, 1.807) is 12.1 Å². The lowest BCUT2D eigenvalue weighted by Gasteiger charge is -2.07. The van der Waals surface area contributed by atoms with Crippen molar-refractivity contribution in [2.24, 2.45) is 0 Å². The minimum absolute atomic E-state index is 0.276. The van der Waals surface area contributed by atoms with E-state index in [2.05, 4.69) is 30.6 Å². The van der Waals surface area contributed by atoms with Gasteiger partial charge in [0.15, 0.2) is 0 Å². The Morgan fingerprint density at radius 1 is 0.340 bits per heavy atom. The number of rotatable bonds is 7. The molecular weight excluding hydrogens is 592 g/mol. The van der Waals surface area contributed by atoms with Gasteiger partial charge in [0.2, 0.25) is 35.3 Å². The van der Waals surface area contributed by atoms with Crippen LogP contribution in [0.15, 0.2) is 135 Å². The van der Waals surface area contributed by atoms with E-state index < -0.39 is 0 Å². The molecule has 8 aromatic rings. The molecule has 11 nitrogen and oxygen atoms in total. The van der Waals surface area contributed by atoms with E-state index in [1.165, 1.54) is 0 Å². The highest BCUT2D eigenvalue weighted by Crippen LogP contribution is 2.35. The number of hydrogen-bond acceptors (Lipinski definition) is 11. The monoisotopic (exact) mass is 616 g/mol. The summed E-state index contributed by atoms with van der Waals surface area (Å²) in [5.74, 6) is 1.99. The van der Waals surface area contributed by atoms with E-state index in [0.29, 0.717) is 57.5 Å². The van der Waals surface area contributed by atoms with Crippen molar-refractivity contribution < 1.29 is 13.3 Å². The molecule has 4 N–H and O–H groups in total. The summed E-state index contributed by atoms with van der Waals surface area (Å²) in [6.07, 6.45) is 0. The number of hydrogen-bond donors (Lipinski definition) is 2. The smallest absolute Gasteiger partial charge is 0.248 e. The SMILES string of the molecule is Nc1ccc(N)c(-c2ccc(-c3nnc(-c4cc(-c5nnc(-c6ccccc6)o5)cc(-c5nnc(-c6ccccc6)o5)c4)o3)cc2)c1. The van der Waals surface area contributed by atoms with Gasteiger partial charge in [0.25, 0.3) is 0 Å². The van der Waals surface area contributed by atoms with Crippen LogP contribution in [0.3, 0.4) is 0 Å². The van der Waals surface area contributed by atoms with Gasteiger partial charge in [-0.3, -0.25) is 0 Å². The second-order valence-corrected chi connectivity index (χ2v) is 10.7. The third-order valence-electron chi connectivity index (χ3n) is 7.51. The van der Waals surface area contributed by atoms with Crippen LogP contribution in [-0.4, -0.2) is 30.6 Å². The fraction of sp³-hybridized carbons (Fsp3) is 0. The first kappa shape index (κ1) is 27.7. The van der Waals surface area contributed by atoms with Gasteiger partial charge in [-0.25, -0.2) is 0 Å². The first-order chi connectivity index (χ1) is 23.1. The highest BCUT2D eigenvalue weighted by Gasteiger charge is 2.20. The van der Waals surface area contributed by atoms with Crippen LogP contribution in [0.4, 0.5) is 11.4 Å². The van der Waals surface area contributed by atoms with E-state index in [1.807, 2.05) is 109 Å². The summed E-state index contributed by atoms with van der Waals surface area (Å²) in [5.41, 5.74) is 19.3. The molecule has 0 bridgehead atoms. The Morgan fingerprint density at radius 3 is 1.13 bits per heavy atom. The lowest BCUT2D eigenvalue weighted by molar-refractivity contribution is 0.580. The molecule has 47 heavy (non-hydrogen) atoms. The topological polar surface area (TPSA) is 169 Å². The summed E-state index contributed by atoms with van der Waals surface area (Å²) < 4.78 is 18.3. The van der Waals surface area contributed by atoms with Crippen LogP contribution in [0, 0.1) is 0 Å². The molecule has 0 atom stereocenters. The first-order valence-corrected chi connectivity index (χ1v) is 14.6. The molecule has 8 rings (SSSR count). The van der Waals surface area contributed by atoms with Gasteiger partial charge in [-0.15, -0.1) is 30.6 Å². The Bertz CT molecular complexity index is 2230. The predicted molar refractivity (Wildman–Crippen MR) is 177 cm³/mol. The van der Waals surface area contributed by atoms with Crippen molar-refractivity contribution in [3.05, 3.63) is 121 Å². The van der Waals surface area contributed by atoms with E-state index >= 15 is 0 Å². The summed E-state index contributed by atoms with van der Waals surface area (Å²) in [5, 5.41) is 25.8. The molecule has 3 heterocycles. The van der Waals surface area contributed by atoms with Gasteiger partial charge in [-0.1, -0.05) is 48.5 Å². The Balaban J connectivity index is 1.17. The predicted octanol–water partition coefficient (Wildman–Crippen LogP) is 7.67. The third kappa shape index (κ3) is 5.49. The van der Waals surface area contributed by atoms with Crippen LogP contribution >= 0.6 is 0 Å². The molecule has 0 saturated heterocycles. The molecule has 3 aromatic heterocycles. The summed E-state index contributed by atoms with van der Waals surface area (Å²) >= 11 is 0. The second-order valence-electron chi connectivity index (χ2n) is 10.7. The van der Waals surface area contributed by atoms with Gasteiger partial charge < -0.3 is 24.7 Å². The summed E-state index contributed by atoms with van der Waals surface area (Å²) in [6.45, 7) is 0. The molecule has 11 heteroatoms. The maximum absolute atomic E-state index is 6.18. The Morgan fingerprint density at radius 2 is 0.702 bits per heavy atom. The minimum Gasteiger partial charge on any atom is -0.416 e. The molecule has 0 fully saturated rings. The molecule has 0 aliphatic rings. The molecule has 0 saturated carbocycles. The van der Waals surface area contributed by atoms with Crippen molar-refractivity contribution in [2.75, 3.05) is 11.5 Å². The quantitative estimate of drug-likeness (QED) is 0.168. The van der Waals surface area contributed by atoms with E-state index in [9.17, 15) is 0 Å². The number of nitrogen functional groups attached to an aromatic ring is 2. The van der Waals surface area contributed by atoms with Crippen molar-refractivity contribution in [3.63, 3.8) is 0 Å². The van der Waals surface area contributed by atoms with Crippen molar-refractivity contribution >= 4 is 11.4 Å². The number of nitrogens with zero attached hydrogens (tertiary/aromatic N) is 6. The van der Waals surface area contributed by atoms with E-state index in [0.717, 1.165) is 27.8 Å². The standard InChI is InChI=1S/C36H24N8O3/c37-28-15-16-30(38)29(20-28)21-11-13-24(14-12-21)33-41-44-36(47-33)27-18-25(34-42-39-31(45-34)22-7-3-1-4-8-22)17-26(19-27)35-43-40-32(46-35)23-9-5-2-6-10-23/h1-20H,37-38H2. The molecule has 0 amide bonds. The van der Waals surface area contributed by atoms with Gasteiger partial charge in [-0.05, 0) is 78.4 Å². The van der Waals surface area contributed by atoms with Crippen LogP contribution in [0.25, 0.3) is 79.9 Å². The largest absolute Gasteiger partial charge is 0.416 e. The van der Waals surface area contributed by atoms with Gasteiger partial charge in [0.05, 0.1) is 0 Å². The first-order valence-electron chi connectivity index (χ1n) is 14.6. The van der Waals surface area contributed by atoms with Crippen molar-refractivity contribution in [2.45, 2.75) is 0 Å². The number of anilines is 2. The highest BCUT2D eigenvalue weighted by molar-refractivity contribution is 5.80. The Labute approximate surface area is 267 Å². The van der Waals surface area contributed by atoms with E-state index in [4.69, 9.17) is 24.7 Å². The van der Waals surface area contributed by atoms with Gasteiger partial charge in [0.1, 0.15) is 0 Å². The summed E-state index contributed by atoms with van der Waals surface area (Å²) in [6, 6.07) is 37.7. The Kier molecular flexibility index (Phi) is 6.80. The fourth-order valence-corrected chi connectivity index (χ4v) is 5.15. The third-order valence-corrected chi connectivity index (χ3v) is 7.51. The maximum Gasteiger partial charge on any atom is 0.248 e. The minimum atomic E-state index is 0.276. The second kappa shape index (κ2) is 11.6. The van der Waals surface area contributed by atoms with Crippen LogP contribution in [-0.2, 0) is 0 Å². The van der Waals surface area contributed by atoms with Crippen molar-refractivity contribution in [1.82, 2.24) is 30.6 Å². The molecule has 226 valence electrons. The van der Waals surface area contributed by atoms with Gasteiger partial charge >= 0.3 is 0 Å². The molecule has 0 aliphatic heterocycles. The zero-order valence-corrected chi connectivity index (χ0v) is 24.6. The molecular formula is C36H24N8O3. The van der Waals surface area contributed by atoms with Crippen molar-refractivity contribution in [3.8, 4) is 79.9 Å². The van der Waals surface area contributed by atoms with Crippen LogP contribution in [0.2, 0.25) is 0 Å². The summed E-state index contributed by atoms with van der Waals surface area (Å²) in [4.78, 5) is 0. The highest BCUT2D eigenvalue weighted by atomic mass is 16.4. The lowest BCUT2D eigenvalue weighted by atomic mass is 10.0. The van der Waals surface area contributed by atoms with E-state index in [-0.39, 0.29) is 5.89 Å². The normalized spacial score (nSPS) is 11.1. The molecule has 5 aromatic carbocycles. The van der Waals surface area contributed by atoms with Gasteiger partial charge in [-0.2, -0.15) is 0 Å².